The third-order valence-corrected chi connectivity index (χ3v) is 2.66. The fourth-order valence-corrected chi connectivity index (χ4v) is 1.89. The Bertz CT molecular complexity index is 446. The third-order valence-electron chi connectivity index (χ3n) is 2.45. The van der Waals surface area contributed by atoms with Gasteiger partial charge in [-0.25, -0.2) is 0 Å². The lowest BCUT2D eigenvalue weighted by molar-refractivity contribution is -0.141. The van der Waals surface area contributed by atoms with Gasteiger partial charge < -0.3 is 14.6 Å². The summed E-state index contributed by atoms with van der Waals surface area (Å²) in [7, 11) is 0. The lowest BCUT2D eigenvalue weighted by atomic mass is 10.3. The quantitative estimate of drug-likeness (QED) is 0.905. The number of aliphatic hydroxyl groups excluding tert-OH is 1. The van der Waals surface area contributed by atoms with Crippen LogP contribution in [-0.4, -0.2) is 46.4 Å². The SMILES string of the molecule is CCn1cc(Cl)cc1C(=O)N(CCO)CC(F)(F)F. The van der Waals surface area contributed by atoms with Crippen LogP contribution in [0.3, 0.4) is 0 Å². The van der Waals surface area contributed by atoms with E-state index < -0.39 is 25.2 Å². The molecule has 1 aromatic rings. The molecular weight excluding hydrogens is 285 g/mol. The normalized spacial score (nSPS) is 11.7. The molecule has 1 heterocycles. The molecule has 0 aliphatic rings. The van der Waals surface area contributed by atoms with Crippen LogP contribution in [0.2, 0.25) is 5.02 Å². The van der Waals surface area contributed by atoms with Crippen LogP contribution in [0.4, 0.5) is 13.2 Å². The van der Waals surface area contributed by atoms with E-state index in [2.05, 4.69) is 0 Å². The summed E-state index contributed by atoms with van der Waals surface area (Å²) in [6.07, 6.45) is -3.04. The van der Waals surface area contributed by atoms with Crippen LogP contribution in [0.5, 0.6) is 0 Å². The van der Waals surface area contributed by atoms with Crippen LogP contribution >= 0.6 is 11.6 Å². The molecule has 0 fully saturated rings. The first-order chi connectivity index (χ1) is 8.78. The molecule has 108 valence electrons. The molecule has 0 saturated heterocycles. The topological polar surface area (TPSA) is 45.5 Å². The van der Waals surface area contributed by atoms with E-state index in [4.69, 9.17) is 16.7 Å². The molecule has 0 unspecified atom stereocenters. The van der Waals surface area contributed by atoms with Gasteiger partial charge in [0, 0.05) is 19.3 Å². The Balaban J connectivity index is 2.98. The van der Waals surface area contributed by atoms with Crippen molar-refractivity contribution in [1.29, 1.82) is 0 Å². The predicted octanol–water partition coefficient (Wildman–Crippen LogP) is 2.16. The summed E-state index contributed by atoms with van der Waals surface area (Å²) in [4.78, 5) is 12.6. The van der Waals surface area contributed by atoms with Gasteiger partial charge in [-0.2, -0.15) is 13.2 Å². The van der Waals surface area contributed by atoms with E-state index in [1.165, 1.54) is 16.8 Å². The van der Waals surface area contributed by atoms with E-state index in [0.717, 1.165) is 0 Å². The minimum Gasteiger partial charge on any atom is -0.395 e. The summed E-state index contributed by atoms with van der Waals surface area (Å²) in [6.45, 7) is -0.174. The number of alkyl halides is 3. The smallest absolute Gasteiger partial charge is 0.395 e. The first kappa shape index (κ1) is 15.8. The number of carbonyl (C=O) groups excluding carboxylic acids is 1. The van der Waals surface area contributed by atoms with E-state index >= 15 is 0 Å². The second-order valence-corrected chi connectivity index (χ2v) is 4.33. The van der Waals surface area contributed by atoms with E-state index in [1.54, 1.807) is 6.92 Å². The highest BCUT2D eigenvalue weighted by molar-refractivity contribution is 6.31. The van der Waals surface area contributed by atoms with Crippen LogP contribution in [0, 0.1) is 0 Å². The molecule has 19 heavy (non-hydrogen) atoms. The zero-order valence-corrected chi connectivity index (χ0v) is 11.0. The van der Waals surface area contributed by atoms with Gasteiger partial charge in [-0.05, 0) is 13.0 Å². The van der Waals surface area contributed by atoms with Crippen molar-refractivity contribution in [3.05, 3.63) is 23.0 Å². The first-order valence-corrected chi connectivity index (χ1v) is 5.99. The molecule has 1 rings (SSSR count). The van der Waals surface area contributed by atoms with E-state index in [9.17, 15) is 18.0 Å². The van der Waals surface area contributed by atoms with Crippen molar-refractivity contribution < 1.29 is 23.1 Å². The minimum atomic E-state index is -4.52. The molecule has 0 aromatic carbocycles. The molecule has 8 heteroatoms. The average Bonchev–Trinajstić information content (AvgIpc) is 2.67. The van der Waals surface area contributed by atoms with Crippen LogP contribution in [0.25, 0.3) is 0 Å². The summed E-state index contributed by atoms with van der Waals surface area (Å²) in [5, 5.41) is 9.05. The molecule has 1 aromatic heterocycles. The molecule has 4 nitrogen and oxygen atoms in total. The maximum absolute atomic E-state index is 12.4. The lowest BCUT2D eigenvalue weighted by Gasteiger charge is -2.23. The van der Waals surface area contributed by atoms with E-state index in [1.807, 2.05) is 0 Å². The maximum atomic E-state index is 12.4. The van der Waals surface area contributed by atoms with Crippen LogP contribution in [0.15, 0.2) is 12.3 Å². The largest absolute Gasteiger partial charge is 0.406 e. The molecular formula is C11H14ClF3N2O2. The Hall–Kier alpha value is -1.21. The number of aromatic nitrogens is 1. The molecule has 0 bridgehead atoms. The first-order valence-electron chi connectivity index (χ1n) is 5.61. The number of rotatable bonds is 5. The summed E-state index contributed by atoms with van der Waals surface area (Å²) < 4.78 is 38.6. The van der Waals surface area contributed by atoms with Crippen molar-refractivity contribution in [2.75, 3.05) is 19.7 Å². The monoisotopic (exact) mass is 298 g/mol. The van der Waals surface area contributed by atoms with Crippen molar-refractivity contribution in [2.45, 2.75) is 19.6 Å². The van der Waals surface area contributed by atoms with Crippen molar-refractivity contribution >= 4 is 17.5 Å². The number of carbonyl (C=O) groups is 1. The van der Waals surface area contributed by atoms with E-state index in [-0.39, 0.29) is 17.3 Å². The zero-order chi connectivity index (χ0) is 14.6. The van der Waals surface area contributed by atoms with Crippen molar-refractivity contribution in [2.24, 2.45) is 0 Å². The highest BCUT2D eigenvalue weighted by Gasteiger charge is 2.33. The van der Waals surface area contributed by atoms with Gasteiger partial charge in [0.05, 0.1) is 11.6 Å². The molecule has 0 atom stereocenters. The second-order valence-electron chi connectivity index (χ2n) is 3.90. The number of hydrogen-bond donors (Lipinski definition) is 1. The molecule has 1 amide bonds. The fraction of sp³-hybridized carbons (Fsp3) is 0.545. The Morgan fingerprint density at radius 1 is 1.53 bits per heavy atom. The fourth-order valence-electron chi connectivity index (χ4n) is 1.67. The zero-order valence-electron chi connectivity index (χ0n) is 10.2. The summed E-state index contributed by atoms with van der Waals surface area (Å²) in [5.74, 6) is -0.805. The van der Waals surface area contributed by atoms with Crippen molar-refractivity contribution in [3.8, 4) is 0 Å². The highest BCUT2D eigenvalue weighted by atomic mass is 35.5. The van der Waals surface area contributed by atoms with Crippen LogP contribution < -0.4 is 0 Å². The second kappa shape index (κ2) is 6.29. The minimum absolute atomic E-state index is 0.0743. The molecule has 0 spiro atoms. The molecule has 0 aliphatic heterocycles. The van der Waals surface area contributed by atoms with Gasteiger partial charge in [0.1, 0.15) is 12.2 Å². The number of amides is 1. The number of aliphatic hydroxyl groups is 1. The van der Waals surface area contributed by atoms with Gasteiger partial charge in [0.2, 0.25) is 0 Å². The van der Waals surface area contributed by atoms with Crippen molar-refractivity contribution in [1.82, 2.24) is 9.47 Å². The number of hydrogen-bond acceptors (Lipinski definition) is 2. The maximum Gasteiger partial charge on any atom is 0.406 e. The highest BCUT2D eigenvalue weighted by Crippen LogP contribution is 2.20. The lowest BCUT2D eigenvalue weighted by Crippen LogP contribution is -2.41. The average molecular weight is 299 g/mol. The molecule has 0 aliphatic carbocycles. The van der Waals surface area contributed by atoms with Crippen LogP contribution in [0.1, 0.15) is 17.4 Å². The Kier molecular flexibility index (Phi) is 5.25. The standard InChI is InChI=1S/C11H14ClF3N2O2/c1-2-16-6-8(12)5-9(16)10(19)17(3-4-18)7-11(13,14)15/h5-6,18H,2-4,7H2,1H3. The van der Waals surface area contributed by atoms with E-state index in [0.29, 0.717) is 11.4 Å². The molecule has 0 saturated carbocycles. The number of nitrogens with zero attached hydrogens (tertiary/aromatic N) is 2. The Morgan fingerprint density at radius 2 is 2.16 bits per heavy atom. The summed E-state index contributed by atoms with van der Waals surface area (Å²) in [6, 6.07) is 1.31. The Morgan fingerprint density at radius 3 is 2.63 bits per heavy atom. The van der Waals surface area contributed by atoms with Crippen molar-refractivity contribution in [3.63, 3.8) is 0 Å². The molecule has 1 N–H and O–H groups in total. The third kappa shape index (κ3) is 4.43. The number of aryl methyl sites for hydroxylation is 1. The van der Waals surface area contributed by atoms with Gasteiger partial charge in [0.25, 0.3) is 5.91 Å². The van der Waals surface area contributed by atoms with Gasteiger partial charge in [-0.3, -0.25) is 4.79 Å². The van der Waals surface area contributed by atoms with Gasteiger partial charge in [0.15, 0.2) is 0 Å². The predicted molar refractivity (Wildman–Crippen MR) is 64.2 cm³/mol. The molecule has 0 radical (unpaired) electrons. The number of halogens is 4. The van der Waals surface area contributed by atoms with Gasteiger partial charge in [-0.1, -0.05) is 11.6 Å². The van der Waals surface area contributed by atoms with Gasteiger partial charge in [-0.15, -0.1) is 0 Å². The summed E-state index contributed by atoms with van der Waals surface area (Å²) >= 11 is 5.74. The van der Waals surface area contributed by atoms with Gasteiger partial charge >= 0.3 is 6.18 Å². The van der Waals surface area contributed by atoms with Crippen LogP contribution in [-0.2, 0) is 6.54 Å². The Labute approximate surface area is 113 Å². The summed E-state index contributed by atoms with van der Waals surface area (Å²) in [5.41, 5.74) is 0.0743.